The number of aromatic hydroxyl groups is 1. The fraction of sp³-hybridized carbons (Fsp3) is 0. The van der Waals surface area contributed by atoms with E-state index in [0.717, 1.165) is 0 Å². The molecule has 0 unspecified atom stereocenters. The molecule has 3 rings (SSSR count). The third kappa shape index (κ3) is 5.04. The van der Waals surface area contributed by atoms with Crippen LogP contribution in [0.2, 0.25) is 0 Å². The van der Waals surface area contributed by atoms with Crippen molar-refractivity contribution in [1.82, 2.24) is 0 Å². The summed E-state index contributed by atoms with van der Waals surface area (Å²) in [6.07, 6.45) is 0. The second-order valence-electron chi connectivity index (χ2n) is 3.68. The van der Waals surface area contributed by atoms with Gasteiger partial charge in [0.25, 0.3) is 0 Å². The van der Waals surface area contributed by atoms with Crippen LogP contribution in [0.25, 0.3) is 10.8 Å². The molecule has 0 aliphatic heterocycles. The van der Waals surface area contributed by atoms with E-state index in [4.69, 9.17) is 9.90 Å². The molecule has 0 aliphatic rings. The van der Waals surface area contributed by atoms with E-state index in [1.807, 2.05) is 12.9 Å². The van der Waals surface area contributed by atoms with E-state index >= 15 is 0 Å². The first-order chi connectivity index (χ1) is 9.36. The van der Waals surface area contributed by atoms with Gasteiger partial charge in [-0.3, -0.25) is 0 Å². The zero-order valence-electron chi connectivity index (χ0n) is 10.6. The smallest absolute Gasteiger partial charge is 0.115 e. The lowest BCUT2D eigenvalue weighted by Crippen LogP contribution is -1.67. The van der Waals surface area contributed by atoms with Gasteiger partial charge in [-0.15, -0.1) is 0 Å². The summed E-state index contributed by atoms with van der Waals surface area (Å²) < 4.78 is 0. The Balaban J connectivity index is 0.000000177. The molecule has 0 spiro atoms. The van der Waals surface area contributed by atoms with Gasteiger partial charge in [0.05, 0.1) is 0 Å². The van der Waals surface area contributed by atoms with Gasteiger partial charge in [0.1, 0.15) is 12.5 Å². The molecule has 0 atom stereocenters. The number of hydrogen-bond acceptors (Lipinski definition) is 2. The Hall–Kier alpha value is -2.61. The van der Waals surface area contributed by atoms with Crippen LogP contribution in [0.4, 0.5) is 0 Å². The highest BCUT2D eigenvalue weighted by Gasteiger charge is 1.85. The first-order valence-electron chi connectivity index (χ1n) is 5.83. The van der Waals surface area contributed by atoms with Gasteiger partial charge in [-0.25, -0.2) is 0 Å². The fourth-order valence-corrected chi connectivity index (χ4v) is 1.56. The molecule has 0 bridgehead atoms. The average molecular weight is 252 g/mol. The van der Waals surface area contributed by atoms with E-state index in [0.29, 0.717) is 5.75 Å². The minimum absolute atomic E-state index is 0.322. The first-order valence-corrected chi connectivity index (χ1v) is 5.83. The predicted octanol–water partition coefficient (Wildman–Crippen LogP) is 4.05. The van der Waals surface area contributed by atoms with Gasteiger partial charge in [-0.1, -0.05) is 66.7 Å². The topological polar surface area (TPSA) is 37.3 Å². The minimum atomic E-state index is 0.322. The van der Waals surface area contributed by atoms with Crippen LogP contribution in [0.3, 0.4) is 0 Å². The maximum Gasteiger partial charge on any atom is 0.115 e. The number of carbonyl (C=O) groups excluding carboxylic acids is 1. The van der Waals surface area contributed by atoms with Crippen LogP contribution in [0.5, 0.6) is 5.75 Å². The molecule has 0 fully saturated rings. The number of hydrogen-bond donors (Lipinski definition) is 1. The Kier molecular flexibility index (Phi) is 6.45. The number of phenols is 1. The van der Waals surface area contributed by atoms with E-state index in [1.54, 1.807) is 24.3 Å². The van der Waals surface area contributed by atoms with E-state index in [9.17, 15) is 0 Å². The minimum Gasteiger partial charge on any atom is -0.508 e. The van der Waals surface area contributed by atoms with Crippen LogP contribution >= 0.6 is 0 Å². The molecule has 19 heavy (non-hydrogen) atoms. The van der Waals surface area contributed by atoms with Gasteiger partial charge in [0.15, 0.2) is 0 Å². The normalized spacial score (nSPS) is 8.63. The molecule has 3 aromatic rings. The molecule has 0 heterocycles. The molecule has 2 nitrogen and oxygen atoms in total. The second-order valence-corrected chi connectivity index (χ2v) is 3.68. The fourth-order valence-electron chi connectivity index (χ4n) is 1.56. The number of rotatable bonds is 0. The van der Waals surface area contributed by atoms with E-state index in [1.165, 1.54) is 10.8 Å². The Morgan fingerprint density at radius 3 is 1.16 bits per heavy atom. The number of fused-ring (bicyclic) bond motifs is 1. The molecule has 0 amide bonds. The molecule has 3 aromatic carbocycles. The van der Waals surface area contributed by atoms with Gasteiger partial charge < -0.3 is 9.90 Å². The maximum absolute atomic E-state index is 8.63. The Bertz CT molecular complexity index is 526. The van der Waals surface area contributed by atoms with Gasteiger partial charge in [-0.05, 0) is 22.9 Å². The molecule has 96 valence electrons. The van der Waals surface area contributed by atoms with Crippen LogP contribution in [0.15, 0.2) is 78.9 Å². The summed E-state index contributed by atoms with van der Waals surface area (Å²) in [4.78, 5) is 8.00. The zero-order valence-corrected chi connectivity index (χ0v) is 10.6. The largest absolute Gasteiger partial charge is 0.508 e. The van der Waals surface area contributed by atoms with Crippen LogP contribution in [0.1, 0.15) is 0 Å². The van der Waals surface area contributed by atoms with E-state index < -0.39 is 0 Å². The van der Waals surface area contributed by atoms with Gasteiger partial charge >= 0.3 is 0 Å². The van der Waals surface area contributed by atoms with Crippen molar-refractivity contribution < 1.29 is 9.90 Å². The molecule has 0 aromatic heterocycles. The van der Waals surface area contributed by atoms with Crippen LogP contribution in [-0.2, 0) is 4.79 Å². The monoisotopic (exact) mass is 252 g/mol. The highest BCUT2D eigenvalue weighted by molar-refractivity contribution is 5.81. The summed E-state index contributed by atoms with van der Waals surface area (Å²) in [6.45, 7) is 2.00. The lowest BCUT2D eigenvalue weighted by molar-refractivity contribution is -0.0979. The number of benzene rings is 3. The van der Waals surface area contributed by atoms with Crippen LogP contribution < -0.4 is 0 Å². The molecule has 0 aliphatic carbocycles. The van der Waals surface area contributed by atoms with Crippen LogP contribution in [-0.4, -0.2) is 11.9 Å². The second kappa shape index (κ2) is 8.48. The highest BCUT2D eigenvalue weighted by Crippen LogP contribution is 2.11. The number of phenolic OH excluding ortho intramolecular Hbond substituents is 1. The average Bonchev–Trinajstić information content (AvgIpc) is 2.51. The standard InChI is InChI=1S/C10H8.C6H6O.CH2O/c1-2-6-10-8-4-3-7-9(10)5-1;7-6-4-2-1-3-5-6;1-2/h1-8H;1-5,7H;1H2. The first kappa shape index (κ1) is 14.5. The van der Waals surface area contributed by atoms with Crippen LogP contribution in [0, 0.1) is 0 Å². The van der Waals surface area contributed by atoms with Crippen molar-refractivity contribution in [1.29, 1.82) is 0 Å². The van der Waals surface area contributed by atoms with E-state index in [2.05, 4.69) is 48.5 Å². The molecule has 1 N–H and O–H groups in total. The van der Waals surface area contributed by atoms with E-state index in [-0.39, 0.29) is 0 Å². The third-order valence-corrected chi connectivity index (χ3v) is 2.41. The summed E-state index contributed by atoms with van der Waals surface area (Å²) in [6, 6.07) is 25.4. The lowest BCUT2D eigenvalue weighted by Gasteiger charge is -1.92. The zero-order chi connectivity index (χ0) is 13.9. The molecule has 0 radical (unpaired) electrons. The third-order valence-electron chi connectivity index (χ3n) is 2.41. The molecule has 0 saturated heterocycles. The van der Waals surface area contributed by atoms with Gasteiger partial charge in [-0.2, -0.15) is 0 Å². The maximum atomic E-state index is 8.63. The Morgan fingerprint density at radius 1 is 0.579 bits per heavy atom. The summed E-state index contributed by atoms with van der Waals surface area (Å²) in [7, 11) is 0. The lowest BCUT2D eigenvalue weighted by atomic mass is 10.1. The van der Waals surface area contributed by atoms with Crippen molar-refractivity contribution >= 4 is 17.6 Å². The van der Waals surface area contributed by atoms with Gasteiger partial charge in [0.2, 0.25) is 0 Å². The quantitative estimate of drug-likeness (QED) is 0.655. The molecule has 0 saturated carbocycles. The Labute approximate surface area is 113 Å². The van der Waals surface area contributed by atoms with Gasteiger partial charge in [0, 0.05) is 0 Å². The molecular weight excluding hydrogens is 236 g/mol. The summed E-state index contributed by atoms with van der Waals surface area (Å²) in [5.41, 5.74) is 0. The van der Waals surface area contributed by atoms with Crippen molar-refractivity contribution in [3.63, 3.8) is 0 Å². The van der Waals surface area contributed by atoms with Crippen molar-refractivity contribution in [3.8, 4) is 5.75 Å². The molecule has 2 heteroatoms. The Morgan fingerprint density at radius 2 is 0.895 bits per heavy atom. The number of para-hydroxylation sites is 1. The van der Waals surface area contributed by atoms with Crippen molar-refractivity contribution in [2.75, 3.05) is 0 Å². The summed E-state index contributed by atoms with van der Waals surface area (Å²) >= 11 is 0. The summed E-state index contributed by atoms with van der Waals surface area (Å²) in [5.74, 6) is 0.322. The number of carbonyl (C=O) groups is 1. The predicted molar refractivity (Wildman–Crippen MR) is 79.2 cm³/mol. The van der Waals surface area contributed by atoms with Crippen molar-refractivity contribution in [2.45, 2.75) is 0 Å². The SMILES string of the molecule is C=O.Oc1ccccc1.c1ccc2ccccc2c1. The highest BCUT2D eigenvalue weighted by atomic mass is 16.3. The summed E-state index contributed by atoms with van der Waals surface area (Å²) in [5, 5.41) is 11.3. The van der Waals surface area contributed by atoms with Crippen molar-refractivity contribution in [3.05, 3.63) is 78.9 Å². The molecular formula is C17H16O2. The van der Waals surface area contributed by atoms with Crippen molar-refractivity contribution in [2.24, 2.45) is 0 Å².